The van der Waals surface area contributed by atoms with E-state index in [1.165, 1.54) is 0 Å². The molecule has 3 heterocycles. The number of rotatable bonds is 2. The number of fused-ring (bicyclic) bond motifs is 1. The van der Waals surface area contributed by atoms with Crippen molar-refractivity contribution in [2.75, 3.05) is 5.73 Å². The lowest BCUT2D eigenvalue weighted by Crippen LogP contribution is -2.04. The van der Waals surface area contributed by atoms with Gasteiger partial charge in [-0.2, -0.15) is 4.98 Å². The Bertz CT molecular complexity index is 750. The summed E-state index contributed by atoms with van der Waals surface area (Å²) in [5.41, 5.74) is 7.58. The number of nitrogen functional groups attached to an aromatic ring is 1. The molecule has 6 heteroatoms. The molecule has 0 aromatic carbocycles. The maximum Gasteiger partial charge on any atom is 0.224 e. The summed E-state index contributed by atoms with van der Waals surface area (Å²) in [6, 6.07) is 7.55. The first-order chi connectivity index (χ1) is 9.19. The molecular weight excluding hydrogens is 262 g/mol. The minimum Gasteiger partial charge on any atom is -0.384 e. The highest BCUT2D eigenvalue weighted by Crippen LogP contribution is 2.23. The maximum absolute atomic E-state index is 5.88. The highest BCUT2D eigenvalue weighted by Gasteiger charge is 2.12. The molecule has 5 nitrogen and oxygen atoms in total. The number of aromatic nitrogens is 4. The van der Waals surface area contributed by atoms with E-state index < -0.39 is 0 Å². The minimum atomic E-state index is 0.221. The standard InChI is InChI=1S/C13H12ClN5/c1-2-9-6-8-7-16-13(14)18-12(8)19(9)11-5-3-4-10(15)17-11/h3-7H,2H2,1H3,(H2,15,17). The van der Waals surface area contributed by atoms with Crippen molar-refractivity contribution in [3.63, 3.8) is 0 Å². The van der Waals surface area contributed by atoms with Crippen molar-refractivity contribution in [2.45, 2.75) is 13.3 Å². The molecule has 0 saturated carbocycles. The molecule has 0 amide bonds. The first-order valence-corrected chi connectivity index (χ1v) is 6.32. The van der Waals surface area contributed by atoms with Crippen LogP contribution in [0.15, 0.2) is 30.5 Å². The molecule has 3 aromatic rings. The zero-order valence-electron chi connectivity index (χ0n) is 10.3. The molecule has 96 valence electrons. The molecule has 0 fully saturated rings. The van der Waals surface area contributed by atoms with E-state index in [9.17, 15) is 0 Å². The van der Waals surface area contributed by atoms with Crippen LogP contribution in [-0.4, -0.2) is 19.5 Å². The number of pyridine rings is 1. The summed E-state index contributed by atoms with van der Waals surface area (Å²) in [4.78, 5) is 12.6. The van der Waals surface area contributed by atoms with Crippen LogP contribution in [0.2, 0.25) is 5.28 Å². The van der Waals surface area contributed by atoms with E-state index in [4.69, 9.17) is 17.3 Å². The Balaban J connectivity index is 2.34. The first kappa shape index (κ1) is 11.9. The van der Waals surface area contributed by atoms with Crippen LogP contribution in [0.1, 0.15) is 12.6 Å². The van der Waals surface area contributed by atoms with Crippen LogP contribution in [0.3, 0.4) is 0 Å². The fraction of sp³-hybridized carbons (Fsp3) is 0.154. The maximum atomic E-state index is 5.88. The molecule has 0 atom stereocenters. The number of hydrogen-bond acceptors (Lipinski definition) is 4. The summed E-state index contributed by atoms with van der Waals surface area (Å²) >= 11 is 5.88. The third-order valence-electron chi connectivity index (χ3n) is 2.93. The topological polar surface area (TPSA) is 69.6 Å². The van der Waals surface area contributed by atoms with E-state index in [2.05, 4.69) is 21.9 Å². The van der Waals surface area contributed by atoms with E-state index in [1.807, 2.05) is 22.8 Å². The Morgan fingerprint density at radius 2 is 2.16 bits per heavy atom. The monoisotopic (exact) mass is 273 g/mol. The van der Waals surface area contributed by atoms with Gasteiger partial charge in [-0.15, -0.1) is 0 Å². The fourth-order valence-corrected chi connectivity index (χ4v) is 2.23. The molecule has 0 saturated heterocycles. The average molecular weight is 274 g/mol. The van der Waals surface area contributed by atoms with Crippen LogP contribution >= 0.6 is 11.6 Å². The van der Waals surface area contributed by atoms with Crippen molar-refractivity contribution in [1.82, 2.24) is 19.5 Å². The lowest BCUT2D eigenvalue weighted by Gasteiger charge is -2.08. The Morgan fingerprint density at radius 3 is 2.89 bits per heavy atom. The van der Waals surface area contributed by atoms with Crippen molar-refractivity contribution < 1.29 is 0 Å². The number of nitrogens with two attached hydrogens (primary N) is 1. The SMILES string of the molecule is CCc1cc2cnc(Cl)nc2n1-c1cccc(N)n1. The molecule has 3 rings (SSSR count). The zero-order valence-corrected chi connectivity index (χ0v) is 11.1. The number of aryl methyl sites for hydroxylation is 1. The number of halogens is 1. The fourth-order valence-electron chi connectivity index (χ4n) is 2.10. The van der Waals surface area contributed by atoms with Gasteiger partial charge in [0.2, 0.25) is 5.28 Å². The quantitative estimate of drug-likeness (QED) is 0.729. The van der Waals surface area contributed by atoms with Crippen molar-refractivity contribution >= 4 is 28.5 Å². The second-order valence-corrected chi connectivity index (χ2v) is 4.50. The second kappa shape index (κ2) is 4.51. The summed E-state index contributed by atoms with van der Waals surface area (Å²) in [6.45, 7) is 2.08. The predicted molar refractivity (Wildman–Crippen MR) is 75.5 cm³/mol. The van der Waals surface area contributed by atoms with E-state index in [-0.39, 0.29) is 5.28 Å². The average Bonchev–Trinajstić information content (AvgIpc) is 2.76. The number of hydrogen-bond donors (Lipinski definition) is 1. The molecule has 0 bridgehead atoms. The Hall–Kier alpha value is -2.14. The summed E-state index contributed by atoms with van der Waals surface area (Å²) in [7, 11) is 0. The lowest BCUT2D eigenvalue weighted by molar-refractivity contribution is 0.917. The first-order valence-electron chi connectivity index (χ1n) is 5.95. The molecule has 0 aliphatic carbocycles. The largest absolute Gasteiger partial charge is 0.384 e. The molecule has 0 spiro atoms. The molecule has 0 aliphatic heterocycles. The van der Waals surface area contributed by atoms with Crippen molar-refractivity contribution in [2.24, 2.45) is 0 Å². The van der Waals surface area contributed by atoms with Crippen LogP contribution in [0.25, 0.3) is 16.9 Å². The van der Waals surface area contributed by atoms with E-state index in [1.54, 1.807) is 12.3 Å². The van der Waals surface area contributed by atoms with Gasteiger partial charge in [-0.1, -0.05) is 13.0 Å². The Labute approximate surface area is 115 Å². The van der Waals surface area contributed by atoms with Crippen LogP contribution in [-0.2, 0) is 6.42 Å². The van der Waals surface area contributed by atoms with Gasteiger partial charge in [-0.3, -0.25) is 4.57 Å². The van der Waals surface area contributed by atoms with E-state index in [0.717, 1.165) is 29.0 Å². The lowest BCUT2D eigenvalue weighted by atomic mass is 10.3. The molecule has 3 aromatic heterocycles. The number of nitrogens with zero attached hydrogens (tertiary/aromatic N) is 4. The van der Waals surface area contributed by atoms with Gasteiger partial charge in [0.15, 0.2) is 5.65 Å². The van der Waals surface area contributed by atoms with E-state index in [0.29, 0.717) is 5.82 Å². The summed E-state index contributed by atoms with van der Waals surface area (Å²) in [5, 5.41) is 1.16. The van der Waals surface area contributed by atoms with Gasteiger partial charge in [0.1, 0.15) is 11.6 Å². The van der Waals surface area contributed by atoms with Crippen LogP contribution < -0.4 is 5.73 Å². The molecule has 0 aliphatic rings. The minimum absolute atomic E-state index is 0.221. The van der Waals surface area contributed by atoms with Crippen LogP contribution in [0, 0.1) is 0 Å². The Kier molecular flexibility index (Phi) is 2.83. The van der Waals surface area contributed by atoms with Crippen molar-refractivity contribution in [3.05, 3.63) is 41.4 Å². The van der Waals surface area contributed by atoms with Crippen LogP contribution in [0.5, 0.6) is 0 Å². The molecule has 0 radical (unpaired) electrons. The van der Waals surface area contributed by atoms with Gasteiger partial charge in [-0.25, -0.2) is 9.97 Å². The molecule has 2 N–H and O–H groups in total. The van der Waals surface area contributed by atoms with Crippen LogP contribution in [0.4, 0.5) is 5.82 Å². The molecule has 0 unspecified atom stereocenters. The summed E-state index contributed by atoms with van der Waals surface area (Å²) < 4.78 is 1.96. The third kappa shape index (κ3) is 2.02. The highest BCUT2D eigenvalue weighted by atomic mass is 35.5. The highest BCUT2D eigenvalue weighted by molar-refractivity contribution is 6.28. The van der Waals surface area contributed by atoms with Gasteiger partial charge < -0.3 is 5.73 Å². The summed E-state index contributed by atoms with van der Waals surface area (Å²) in [5.74, 6) is 1.21. The second-order valence-electron chi connectivity index (χ2n) is 4.16. The van der Waals surface area contributed by atoms with E-state index >= 15 is 0 Å². The Morgan fingerprint density at radius 1 is 1.32 bits per heavy atom. The van der Waals surface area contributed by atoms with Crippen molar-refractivity contribution in [3.8, 4) is 5.82 Å². The van der Waals surface area contributed by atoms with Gasteiger partial charge in [-0.05, 0) is 36.2 Å². The predicted octanol–water partition coefficient (Wildman–Crippen LogP) is 2.61. The molecule has 19 heavy (non-hydrogen) atoms. The van der Waals surface area contributed by atoms with Crippen molar-refractivity contribution in [1.29, 1.82) is 0 Å². The molecular formula is C13H12ClN5. The summed E-state index contributed by atoms with van der Waals surface area (Å²) in [6.07, 6.45) is 2.57. The van der Waals surface area contributed by atoms with Gasteiger partial charge in [0.25, 0.3) is 0 Å². The normalized spacial score (nSPS) is 11.1. The smallest absolute Gasteiger partial charge is 0.224 e. The van der Waals surface area contributed by atoms with Gasteiger partial charge >= 0.3 is 0 Å². The van der Waals surface area contributed by atoms with Gasteiger partial charge in [0, 0.05) is 17.3 Å². The zero-order chi connectivity index (χ0) is 13.4. The van der Waals surface area contributed by atoms with Gasteiger partial charge in [0.05, 0.1) is 0 Å². The third-order valence-corrected chi connectivity index (χ3v) is 3.12. The number of anilines is 1.